The third-order valence-electron chi connectivity index (χ3n) is 3.79. The van der Waals surface area contributed by atoms with Gasteiger partial charge in [-0.25, -0.2) is 9.78 Å². The number of ether oxygens (including phenoxy) is 2. The van der Waals surface area contributed by atoms with Crippen LogP contribution in [-0.4, -0.2) is 89.9 Å². The Morgan fingerprint density at radius 2 is 2.16 bits per heavy atom. The topological polar surface area (TPSA) is 76.0 Å². The van der Waals surface area contributed by atoms with E-state index in [9.17, 15) is 4.79 Å². The average molecular weight is 358 g/mol. The number of nitrogens with zero attached hydrogens (tertiary/aromatic N) is 3. The first kappa shape index (κ1) is 18.2. The molecule has 0 bridgehead atoms. The Balaban J connectivity index is 1.80. The van der Waals surface area contributed by atoms with Crippen molar-refractivity contribution in [2.45, 2.75) is 5.30 Å². The van der Waals surface area contributed by atoms with Crippen LogP contribution in [0.1, 0.15) is 5.01 Å². The summed E-state index contributed by atoms with van der Waals surface area (Å²) in [5, 5.41) is 5.51. The molecule has 1 aromatic heterocycles. The highest BCUT2D eigenvalue weighted by atomic mass is 32.1. The molecule has 2 aliphatic heterocycles. The van der Waals surface area contributed by atoms with Crippen molar-refractivity contribution in [3.63, 3.8) is 0 Å². The van der Waals surface area contributed by atoms with Gasteiger partial charge in [0.25, 0.3) is 0 Å². The lowest BCUT2D eigenvalue weighted by Crippen LogP contribution is -2.44. The lowest BCUT2D eigenvalue weighted by Gasteiger charge is -2.30. The van der Waals surface area contributed by atoms with E-state index in [1.807, 2.05) is 28.9 Å². The van der Waals surface area contributed by atoms with Crippen LogP contribution in [0.25, 0.3) is 0 Å². The molecular formula is C14H21B3N4O3S. The molecule has 0 saturated carbocycles. The zero-order chi connectivity index (χ0) is 17.9. The van der Waals surface area contributed by atoms with E-state index < -0.39 is 5.30 Å². The maximum absolute atomic E-state index is 12.6. The van der Waals surface area contributed by atoms with Crippen molar-refractivity contribution < 1.29 is 14.3 Å². The van der Waals surface area contributed by atoms with E-state index in [-0.39, 0.29) is 5.97 Å². The lowest BCUT2D eigenvalue weighted by atomic mass is 9.52. The zero-order valence-electron chi connectivity index (χ0n) is 14.9. The van der Waals surface area contributed by atoms with Gasteiger partial charge in [-0.3, -0.25) is 9.89 Å². The molecule has 7 nitrogen and oxygen atoms in total. The third kappa shape index (κ3) is 4.96. The van der Waals surface area contributed by atoms with Crippen LogP contribution in [0.3, 0.4) is 0 Å². The van der Waals surface area contributed by atoms with Gasteiger partial charge in [0.05, 0.1) is 25.3 Å². The Labute approximate surface area is 154 Å². The first-order valence-electron chi connectivity index (χ1n) is 8.39. The fourth-order valence-electron chi connectivity index (χ4n) is 2.62. The molecule has 1 fully saturated rings. The van der Waals surface area contributed by atoms with Gasteiger partial charge >= 0.3 is 5.97 Å². The van der Waals surface area contributed by atoms with E-state index in [1.165, 1.54) is 11.3 Å². The molecule has 130 valence electrons. The number of amidine groups is 1. The van der Waals surface area contributed by atoms with Crippen molar-refractivity contribution in [1.82, 2.24) is 15.2 Å². The van der Waals surface area contributed by atoms with Gasteiger partial charge in [-0.1, -0.05) is 0 Å². The number of thiazole rings is 1. The summed E-state index contributed by atoms with van der Waals surface area (Å²) in [5.41, 5.74) is 1.43. The molecule has 11 heteroatoms. The minimum absolute atomic E-state index is 0.302. The quantitative estimate of drug-likeness (QED) is 0.451. The Kier molecular flexibility index (Phi) is 5.66. The van der Waals surface area contributed by atoms with Crippen molar-refractivity contribution in [2.75, 3.05) is 39.4 Å². The van der Waals surface area contributed by atoms with Gasteiger partial charge in [0, 0.05) is 42.2 Å². The number of carbonyl (C=O) groups is 1. The highest BCUT2D eigenvalue weighted by Gasteiger charge is 2.28. The molecule has 0 unspecified atom stereocenters. The van der Waals surface area contributed by atoms with Crippen LogP contribution in [0.5, 0.6) is 0 Å². The standard InChI is InChI=1S/C14H21B3N4O3S/c15-14(16,17)24-13(22)9-7-19-11(12-18-1-6-25-12)20-10(9)8-21-2-4-23-5-3-21/h1,6H,2-5,7-8,15-17H2,(H,19,20). The van der Waals surface area contributed by atoms with Gasteiger partial charge in [0.2, 0.25) is 0 Å². The van der Waals surface area contributed by atoms with Crippen LogP contribution in [0.15, 0.2) is 27.8 Å². The van der Waals surface area contributed by atoms with E-state index >= 15 is 0 Å². The SMILES string of the molecule is BC(B)(B)OC(=O)C1=C(CN2CCOCC2)NC(c2nccs2)=NC1. The third-order valence-corrected chi connectivity index (χ3v) is 4.57. The van der Waals surface area contributed by atoms with Crippen molar-refractivity contribution >= 4 is 46.7 Å². The molecular weight excluding hydrogens is 337 g/mol. The number of aliphatic imine (C=N–C) groups is 1. The second-order valence-corrected chi connectivity index (χ2v) is 7.87. The fraction of sp³-hybridized carbons (Fsp3) is 0.500. The summed E-state index contributed by atoms with van der Waals surface area (Å²) in [4.78, 5) is 23.7. The number of rotatable bonds is 5. The van der Waals surface area contributed by atoms with Gasteiger partial charge in [-0.05, 0) is 0 Å². The summed E-state index contributed by atoms with van der Waals surface area (Å²) in [6.45, 7) is 4.05. The van der Waals surface area contributed by atoms with Crippen molar-refractivity contribution in [1.29, 1.82) is 0 Å². The Morgan fingerprint density at radius 1 is 1.40 bits per heavy atom. The Morgan fingerprint density at radius 3 is 2.80 bits per heavy atom. The molecule has 2 aliphatic rings. The molecule has 25 heavy (non-hydrogen) atoms. The van der Waals surface area contributed by atoms with E-state index in [4.69, 9.17) is 9.47 Å². The monoisotopic (exact) mass is 358 g/mol. The van der Waals surface area contributed by atoms with Gasteiger partial charge in [-0.15, -0.1) is 11.3 Å². The summed E-state index contributed by atoms with van der Waals surface area (Å²) in [5.74, 6) is 0.399. The van der Waals surface area contributed by atoms with Crippen LogP contribution in [0.4, 0.5) is 0 Å². The fourth-order valence-corrected chi connectivity index (χ4v) is 3.22. The van der Waals surface area contributed by atoms with E-state index in [0.29, 0.717) is 37.7 Å². The average Bonchev–Trinajstić information content (AvgIpc) is 3.08. The maximum Gasteiger partial charge on any atom is 0.336 e. The Bertz CT molecular complexity index is 682. The molecule has 0 atom stereocenters. The van der Waals surface area contributed by atoms with Crippen molar-refractivity contribution in [3.8, 4) is 0 Å². The number of esters is 1. The van der Waals surface area contributed by atoms with Crippen LogP contribution in [-0.2, 0) is 14.3 Å². The molecule has 0 aromatic carbocycles. The second kappa shape index (κ2) is 7.76. The number of hydrogen-bond donors (Lipinski definition) is 1. The van der Waals surface area contributed by atoms with Gasteiger partial charge < -0.3 is 14.8 Å². The summed E-state index contributed by atoms with van der Waals surface area (Å²) in [7, 11) is 5.61. The van der Waals surface area contributed by atoms with Crippen LogP contribution in [0.2, 0.25) is 0 Å². The summed E-state index contributed by atoms with van der Waals surface area (Å²) in [6, 6.07) is 0. The van der Waals surface area contributed by atoms with E-state index in [2.05, 4.69) is 20.2 Å². The first-order chi connectivity index (χ1) is 11.9. The molecule has 0 spiro atoms. The highest BCUT2D eigenvalue weighted by molar-refractivity contribution is 7.11. The molecule has 3 rings (SSSR count). The molecule has 0 aliphatic carbocycles. The van der Waals surface area contributed by atoms with Crippen LogP contribution < -0.4 is 5.32 Å². The van der Waals surface area contributed by atoms with E-state index in [1.54, 1.807) is 6.20 Å². The predicted octanol–water partition coefficient (Wildman–Crippen LogP) is -2.87. The number of morpholine rings is 1. The summed E-state index contributed by atoms with van der Waals surface area (Å²) in [6.07, 6.45) is 1.75. The van der Waals surface area contributed by atoms with Crippen LogP contribution in [0, 0.1) is 0 Å². The predicted molar refractivity (Wildman–Crippen MR) is 105 cm³/mol. The van der Waals surface area contributed by atoms with E-state index in [0.717, 1.165) is 23.8 Å². The molecule has 3 heterocycles. The molecule has 1 saturated heterocycles. The van der Waals surface area contributed by atoms with Gasteiger partial charge in [0.15, 0.2) is 10.8 Å². The number of nitrogens with one attached hydrogen (secondary N) is 1. The highest BCUT2D eigenvalue weighted by Crippen LogP contribution is 2.17. The minimum atomic E-state index is -0.534. The number of aromatic nitrogens is 1. The number of carbonyl (C=O) groups excluding carboxylic acids is 1. The molecule has 1 N–H and O–H groups in total. The zero-order valence-corrected chi connectivity index (χ0v) is 15.7. The van der Waals surface area contributed by atoms with Crippen molar-refractivity contribution in [3.05, 3.63) is 27.9 Å². The van der Waals surface area contributed by atoms with Gasteiger partial charge in [0.1, 0.15) is 23.5 Å². The minimum Gasteiger partial charge on any atom is -0.483 e. The molecule has 1 aromatic rings. The van der Waals surface area contributed by atoms with Gasteiger partial charge in [-0.2, -0.15) is 0 Å². The Hall–Kier alpha value is -1.58. The maximum atomic E-state index is 12.6. The molecule has 0 amide bonds. The molecule has 0 radical (unpaired) electrons. The summed E-state index contributed by atoms with van der Waals surface area (Å²) >= 11 is 1.52. The van der Waals surface area contributed by atoms with Crippen molar-refractivity contribution in [2.24, 2.45) is 4.99 Å². The lowest BCUT2D eigenvalue weighted by molar-refractivity contribution is -0.139. The summed E-state index contributed by atoms with van der Waals surface area (Å²) < 4.78 is 11.0. The smallest absolute Gasteiger partial charge is 0.336 e. The largest absolute Gasteiger partial charge is 0.483 e. The van der Waals surface area contributed by atoms with Crippen LogP contribution >= 0.6 is 11.3 Å². The second-order valence-electron chi connectivity index (χ2n) is 6.97. The first-order valence-corrected chi connectivity index (χ1v) is 9.27. The normalized spacial score (nSPS) is 19.3. The number of hydrogen-bond acceptors (Lipinski definition) is 8.